The summed E-state index contributed by atoms with van der Waals surface area (Å²) in [6.45, 7) is 0. The fourth-order valence-corrected chi connectivity index (χ4v) is 3.18. The normalized spacial score (nSPS) is 11.9. The maximum absolute atomic E-state index is 10.7. The van der Waals surface area contributed by atoms with E-state index >= 15 is 0 Å². The van der Waals surface area contributed by atoms with Crippen LogP contribution in [0.1, 0.15) is 5.76 Å². The summed E-state index contributed by atoms with van der Waals surface area (Å²) in [5, 5.41) is 17.0. The number of thiazole rings is 1. The van der Waals surface area contributed by atoms with E-state index in [1.165, 1.54) is 29.7 Å². The van der Waals surface area contributed by atoms with Gasteiger partial charge < -0.3 is 13.9 Å². The van der Waals surface area contributed by atoms with E-state index in [-0.39, 0.29) is 11.6 Å². The molecule has 27 heavy (non-hydrogen) atoms. The van der Waals surface area contributed by atoms with Gasteiger partial charge in [0.2, 0.25) is 4.80 Å². The summed E-state index contributed by atoms with van der Waals surface area (Å²) in [7, 11) is 4.82. The second-order valence-electron chi connectivity index (χ2n) is 5.18. The SMILES string of the molecule is CN=c1scc(-c2ccc(OC)cc2OC)n1/N=C\c1ccc([N+](=O)[O-])o1. The highest BCUT2D eigenvalue weighted by Crippen LogP contribution is 2.33. The lowest BCUT2D eigenvalue weighted by Gasteiger charge is -2.10. The first-order valence-corrected chi connectivity index (χ1v) is 8.59. The third-order valence-corrected chi connectivity index (χ3v) is 4.56. The highest BCUT2D eigenvalue weighted by Gasteiger charge is 2.14. The van der Waals surface area contributed by atoms with Crippen LogP contribution in [0.5, 0.6) is 11.5 Å². The number of furan rings is 1. The van der Waals surface area contributed by atoms with E-state index in [1.807, 2.05) is 17.5 Å². The van der Waals surface area contributed by atoms with Crippen molar-refractivity contribution in [3.63, 3.8) is 0 Å². The maximum Gasteiger partial charge on any atom is 0.433 e. The Labute approximate surface area is 158 Å². The van der Waals surface area contributed by atoms with Crippen molar-refractivity contribution in [3.8, 4) is 22.8 Å². The van der Waals surface area contributed by atoms with Crippen LogP contribution in [0.2, 0.25) is 0 Å². The van der Waals surface area contributed by atoms with Gasteiger partial charge in [-0.3, -0.25) is 15.1 Å². The van der Waals surface area contributed by atoms with Crippen molar-refractivity contribution in [3.05, 3.63) is 56.4 Å². The number of nitro groups is 1. The molecule has 10 heteroatoms. The van der Waals surface area contributed by atoms with Gasteiger partial charge in [-0.15, -0.1) is 11.3 Å². The van der Waals surface area contributed by atoms with Crippen molar-refractivity contribution in [2.24, 2.45) is 10.1 Å². The second-order valence-corrected chi connectivity index (χ2v) is 6.02. The number of methoxy groups -OCH3 is 2. The van der Waals surface area contributed by atoms with Crippen LogP contribution < -0.4 is 14.3 Å². The summed E-state index contributed by atoms with van der Waals surface area (Å²) in [6.07, 6.45) is 1.40. The van der Waals surface area contributed by atoms with Crippen LogP contribution in [0.15, 0.2) is 50.2 Å². The number of benzene rings is 1. The largest absolute Gasteiger partial charge is 0.497 e. The van der Waals surface area contributed by atoms with Crippen molar-refractivity contribution < 1.29 is 18.8 Å². The summed E-state index contributed by atoms with van der Waals surface area (Å²) in [5.41, 5.74) is 1.55. The zero-order valence-electron chi connectivity index (χ0n) is 14.8. The van der Waals surface area contributed by atoms with Crippen molar-refractivity contribution >= 4 is 23.4 Å². The summed E-state index contributed by atoms with van der Waals surface area (Å²) >= 11 is 1.40. The lowest BCUT2D eigenvalue weighted by atomic mass is 10.1. The lowest BCUT2D eigenvalue weighted by Crippen LogP contribution is -2.11. The number of nitrogens with zero attached hydrogens (tertiary/aromatic N) is 4. The van der Waals surface area contributed by atoms with Gasteiger partial charge in [0.15, 0.2) is 5.76 Å². The quantitative estimate of drug-likeness (QED) is 0.366. The van der Waals surface area contributed by atoms with E-state index < -0.39 is 4.92 Å². The van der Waals surface area contributed by atoms with Gasteiger partial charge in [0.25, 0.3) is 0 Å². The minimum atomic E-state index is -0.602. The fraction of sp³-hybridized carbons (Fsp3) is 0.176. The van der Waals surface area contributed by atoms with Gasteiger partial charge in [0.1, 0.15) is 16.4 Å². The van der Waals surface area contributed by atoms with Crippen LogP contribution in [0.3, 0.4) is 0 Å². The smallest absolute Gasteiger partial charge is 0.433 e. The fourth-order valence-electron chi connectivity index (χ4n) is 2.38. The molecule has 0 amide bonds. The molecule has 2 aromatic heterocycles. The van der Waals surface area contributed by atoms with Crippen LogP contribution in [0.25, 0.3) is 11.3 Å². The molecule has 0 fully saturated rings. The van der Waals surface area contributed by atoms with Crippen LogP contribution in [0.4, 0.5) is 5.88 Å². The van der Waals surface area contributed by atoms with Gasteiger partial charge in [-0.2, -0.15) is 5.10 Å². The van der Waals surface area contributed by atoms with Gasteiger partial charge in [-0.25, -0.2) is 4.68 Å². The molecule has 0 bridgehead atoms. The minimum Gasteiger partial charge on any atom is -0.497 e. The first-order chi connectivity index (χ1) is 13.1. The van der Waals surface area contributed by atoms with Gasteiger partial charge >= 0.3 is 5.88 Å². The van der Waals surface area contributed by atoms with Gasteiger partial charge in [0.05, 0.1) is 32.2 Å². The molecule has 0 atom stereocenters. The molecule has 3 rings (SSSR count). The van der Waals surface area contributed by atoms with Crippen molar-refractivity contribution in [1.29, 1.82) is 0 Å². The number of hydrogen-bond donors (Lipinski definition) is 0. The molecule has 0 aliphatic rings. The van der Waals surface area contributed by atoms with Crippen molar-refractivity contribution in [2.75, 3.05) is 21.3 Å². The Bertz CT molecular complexity index is 1060. The zero-order chi connectivity index (χ0) is 19.4. The standard InChI is InChI=1S/C17H16N4O5S/c1-18-17-20(19-9-12-5-7-16(26-12)21(22)23)14(10-27-17)13-6-4-11(24-2)8-15(13)25-3/h4-10H,1-3H3/b18-17?,19-9-. The molecule has 0 aliphatic heterocycles. The highest BCUT2D eigenvalue weighted by atomic mass is 32.1. The Morgan fingerprint density at radius 3 is 2.70 bits per heavy atom. The summed E-state index contributed by atoms with van der Waals surface area (Å²) in [4.78, 5) is 15.0. The van der Waals surface area contributed by atoms with Crippen molar-refractivity contribution in [2.45, 2.75) is 0 Å². The molecule has 9 nitrogen and oxygen atoms in total. The summed E-state index contributed by atoms with van der Waals surface area (Å²) in [5.74, 6) is 1.20. The molecule has 3 aromatic rings. The molecule has 140 valence electrons. The average molecular weight is 388 g/mol. The molecular weight excluding hydrogens is 372 g/mol. The molecular formula is C17H16N4O5S. The molecule has 0 radical (unpaired) electrons. The second kappa shape index (κ2) is 7.87. The zero-order valence-corrected chi connectivity index (χ0v) is 15.6. The summed E-state index contributed by atoms with van der Waals surface area (Å²) < 4.78 is 17.4. The maximum atomic E-state index is 10.7. The van der Waals surface area contributed by atoms with E-state index in [2.05, 4.69) is 10.1 Å². The highest BCUT2D eigenvalue weighted by molar-refractivity contribution is 7.07. The Morgan fingerprint density at radius 2 is 2.07 bits per heavy atom. The number of rotatable bonds is 6. The van der Waals surface area contributed by atoms with Gasteiger partial charge in [-0.1, -0.05) is 0 Å². The third-order valence-electron chi connectivity index (χ3n) is 3.65. The predicted octanol–water partition coefficient (Wildman–Crippen LogP) is 3.15. The van der Waals surface area contributed by atoms with Gasteiger partial charge in [-0.05, 0) is 18.2 Å². The number of ether oxygens (including phenoxy) is 2. The minimum absolute atomic E-state index is 0.259. The van der Waals surface area contributed by atoms with Crippen LogP contribution in [-0.2, 0) is 0 Å². The Kier molecular flexibility index (Phi) is 5.36. The molecule has 2 heterocycles. The van der Waals surface area contributed by atoms with Crippen LogP contribution in [0, 0.1) is 10.1 Å². The predicted molar refractivity (Wildman–Crippen MR) is 101 cm³/mol. The Balaban J connectivity index is 2.05. The van der Waals surface area contributed by atoms with Crippen LogP contribution >= 0.6 is 11.3 Å². The molecule has 0 unspecified atom stereocenters. The molecule has 0 saturated heterocycles. The first-order valence-electron chi connectivity index (χ1n) is 7.71. The van der Waals surface area contributed by atoms with E-state index in [4.69, 9.17) is 13.9 Å². The van der Waals surface area contributed by atoms with E-state index in [9.17, 15) is 10.1 Å². The first kappa shape index (κ1) is 18.4. The monoisotopic (exact) mass is 388 g/mol. The number of aromatic nitrogens is 1. The molecule has 0 saturated carbocycles. The Hall–Kier alpha value is -3.40. The summed E-state index contributed by atoms with van der Waals surface area (Å²) in [6, 6.07) is 8.22. The molecule has 0 N–H and O–H groups in total. The lowest BCUT2D eigenvalue weighted by molar-refractivity contribution is -0.402. The number of hydrogen-bond acceptors (Lipinski definition) is 8. The van der Waals surface area contributed by atoms with E-state index in [0.717, 1.165) is 11.3 Å². The van der Waals surface area contributed by atoms with E-state index in [1.54, 1.807) is 32.0 Å². The molecule has 0 spiro atoms. The van der Waals surface area contributed by atoms with Crippen molar-refractivity contribution in [1.82, 2.24) is 4.68 Å². The van der Waals surface area contributed by atoms with Gasteiger partial charge in [0, 0.05) is 24.1 Å². The topological polar surface area (TPSA) is 104 Å². The van der Waals surface area contributed by atoms with Crippen LogP contribution in [-0.4, -0.2) is 37.1 Å². The van der Waals surface area contributed by atoms with E-state index in [0.29, 0.717) is 16.3 Å². The third kappa shape index (κ3) is 3.75. The molecule has 1 aromatic carbocycles. The molecule has 0 aliphatic carbocycles. The Morgan fingerprint density at radius 1 is 1.26 bits per heavy atom. The average Bonchev–Trinajstić information content (AvgIpc) is 3.32.